The number of rotatable bonds is 8. The van der Waals surface area contributed by atoms with Gasteiger partial charge in [-0.15, -0.1) is 0 Å². The number of hydrogen-bond donors (Lipinski definition) is 1. The third kappa shape index (κ3) is 6.22. The van der Waals surface area contributed by atoms with Crippen molar-refractivity contribution in [2.24, 2.45) is 5.92 Å². The zero-order valence-electron chi connectivity index (χ0n) is 15.9. The summed E-state index contributed by atoms with van der Waals surface area (Å²) >= 11 is 12.0. The van der Waals surface area contributed by atoms with Crippen LogP contribution >= 0.6 is 23.2 Å². The van der Waals surface area contributed by atoms with Crippen molar-refractivity contribution in [3.63, 3.8) is 0 Å². The molecule has 0 aliphatic carbocycles. The summed E-state index contributed by atoms with van der Waals surface area (Å²) in [6.45, 7) is 1.24. The van der Waals surface area contributed by atoms with E-state index < -0.39 is 10.0 Å². The molecular formula is C20H24Cl2N2O4S. The summed E-state index contributed by atoms with van der Waals surface area (Å²) in [5.41, 5.74) is 0.521. The van der Waals surface area contributed by atoms with Gasteiger partial charge in [-0.2, -0.15) is 0 Å². The molecule has 0 atom stereocenters. The van der Waals surface area contributed by atoms with Crippen molar-refractivity contribution in [3.8, 4) is 0 Å². The molecule has 0 spiro atoms. The van der Waals surface area contributed by atoms with Gasteiger partial charge in [-0.05, 0) is 49.1 Å². The summed E-state index contributed by atoms with van der Waals surface area (Å²) in [4.78, 5) is 12.4. The minimum Gasteiger partial charge on any atom is -0.469 e. The summed E-state index contributed by atoms with van der Waals surface area (Å²) in [7, 11) is -3.50. The van der Waals surface area contributed by atoms with Crippen LogP contribution in [0.5, 0.6) is 0 Å². The molecule has 0 unspecified atom stereocenters. The molecule has 2 heterocycles. The van der Waals surface area contributed by atoms with E-state index in [1.807, 2.05) is 12.1 Å². The van der Waals surface area contributed by atoms with Crippen LogP contribution in [0.3, 0.4) is 0 Å². The number of nitrogens with one attached hydrogen (secondary N) is 1. The predicted octanol–water partition coefficient (Wildman–Crippen LogP) is 3.88. The SMILES string of the molecule is O=C(NCCCc1ccco1)C1CCN(S(=O)(=O)Cc2ccc(Cl)cc2Cl)CC1. The van der Waals surface area contributed by atoms with Gasteiger partial charge in [-0.1, -0.05) is 29.3 Å². The van der Waals surface area contributed by atoms with Crippen molar-refractivity contribution in [1.29, 1.82) is 0 Å². The van der Waals surface area contributed by atoms with Crippen molar-refractivity contribution in [3.05, 3.63) is 58.0 Å². The molecule has 0 bridgehead atoms. The van der Waals surface area contributed by atoms with Crippen LogP contribution in [-0.4, -0.2) is 38.3 Å². The maximum atomic E-state index is 12.7. The van der Waals surface area contributed by atoms with E-state index >= 15 is 0 Å². The molecule has 1 amide bonds. The predicted molar refractivity (Wildman–Crippen MR) is 113 cm³/mol. The van der Waals surface area contributed by atoms with E-state index in [2.05, 4.69) is 5.32 Å². The number of furan rings is 1. The lowest BCUT2D eigenvalue weighted by Gasteiger charge is -2.30. The molecule has 1 saturated heterocycles. The Kier molecular flexibility index (Phi) is 7.62. The van der Waals surface area contributed by atoms with Gasteiger partial charge in [0, 0.05) is 42.0 Å². The standard InChI is InChI=1S/C20H24Cl2N2O4S/c21-17-6-5-16(19(22)13-17)14-29(26,27)24-10-7-15(8-11-24)20(25)23-9-1-3-18-4-2-12-28-18/h2,4-6,12-13,15H,1,3,7-11,14H2,(H,23,25). The fraction of sp³-hybridized carbons (Fsp3) is 0.450. The average molecular weight is 459 g/mol. The summed E-state index contributed by atoms with van der Waals surface area (Å²) in [5, 5.41) is 3.75. The van der Waals surface area contributed by atoms with Crippen molar-refractivity contribution >= 4 is 39.1 Å². The van der Waals surface area contributed by atoms with E-state index in [9.17, 15) is 13.2 Å². The highest BCUT2D eigenvalue weighted by Gasteiger charge is 2.31. The highest BCUT2D eigenvalue weighted by Crippen LogP contribution is 2.26. The zero-order valence-corrected chi connectivity index (χ0v) is 18.3. The second kappa shape index (κ2) is 9.98. The third-order valence-corrected chi connectivity index (χ3v) is 7.47. The molecule has 9 heteroatoms. The topological polar surface area (TPSA) is 79.6 Å². The number of sulfonamides is 1. The van der Waals surface area contributed by atoms with Gasteiger partial charge < -0.3 is 9.73 Å². The number of amides is 1. The number of halogens is 2. The van der Waals surface area contributed by atoms with Crippen LogP contribution in [0.25, 0.3) is 0 Å². The van der Waals surface area contributed by atoms with Crippen molar-refractivity contribution in [1.82, 2.24) is 9.62 Å². The van der Waals surface area contributed by atoms with Crippen LogP contribution in [-0.2, 0) is 27.0 Å². The monoisotopic (exact) mass is 458 g/mol. The first-order valence-electron chi connectivity index (χ1n) is 9.57. The van der Waals surface area contributed by atoms with E-state index in [1.165, 1.54) is 10.4 Å². The first-order chi connectivity index (χ1) is 13.8. The molecule has 29 heavy (non-hydrogen) atoms. The van der Waals surface area contributed by atoms with Crippen molar-refractivity contribution in [2.45, 2.75) is 31.4 Å². The van der Waals surface area contributed by atoms with Crippen LogP contribution < -0.4 is 5.32 Å². The highest BCUT2D eigenvalue weighted by molar-refractivity contribution is 7.88. The third-order valence-electron chi connectivity index (χ3n) is 5.05. The highest BCUT2D eigenvalue weighted by atomic mass is 35.5. The molecule has 0 radical (unpaired) electrons. The fourth-order valence-corrected chi connectivity index (χ4v) is 5.55. The Labute approximate surface area is 181 Å². The molecule has 6 nitrogen and oxygen atoms in total. The number of carbonyl (C=O) groups is 1. The Bertz CT molecular complexity index is 924. The van der Waals surface area contributed by atoms with Crippen molar-refractivity contribution in [2.75, 3.05) is 19.6 Å². The molecule has 1 aliphatic rings. The number of nitrogens with zero attached hydrogens (tertiary/aromatic N) is 1. The smallest absolute Gasteiger partial charge is 0.223 e. The summed E-state index contributed by atoms with van der Waals surface area (Å²) in [6.07, 6.45) is 4.23. The van der Waals surface area contributed by atoms with Gasteiger partial charge in [0.05, 0.1) is 12.0 Å². The number of aryl methyl sites for hydroxylation is 1. The van der Waals surface area contributed by atoms with E-state index in [0.29, 0.717) is 48.1 Å². The van der Waals surface area contributed by atoms with Gasteiger partial charge in [0.15, 0.2) is 0 Å². The van der Waals surface area contributed by atoms with Crippen LogP contribution in [0.4, 0.5) is 0 Å². The summed E-state index contributed by atoms with van der Waals surface area (Å²) < 4.78 is 32.1. The Balaban J connectivity index is 1.44. The molecule has 3 rings (SSSR count). The van der Waals surface area contributed by atoms with E-state index in [0.717, 1.165) is 18.6 Å². The van der Waals surface area contributed by atoms with Gasteiger partial charge in [-0.25, -0.2) is 12.7 Å². The molecule has 1 aromatic carbocycles. The molecule has 1 aromatic heterocycles. The second-order valence-electron chi connectivity index (χ2n) is 7.14. The first-order valence-corrected chi connectivity index (χ1v) is 11.9. The normalized spacial score (nSPS) is 16.1. The fourth-order valence-electron chi connectivity index (χ4n) is 3.40. The lowest BCUT2D eigenvalue weighted by atomic mass is 9.97. The Morgan fingerprint density at radius 3 is 2.62 bits per heavy atom. The molecule has 158 valence electrons. The number of benzene rings is 1. The maximum absolute atomic E-state index is 12.7. The molecule has 1 aliphatic heterocycles. The minimum atomic E-state index is -3.50. The Morgan fingerprint density at radius 1 is 1.21 bits per heavy atom. The van der Waals surface area contributed by atoms with Gasteiger partial charge in [0.2, 0.25) is 15.9 Å². The molecule has 2 aromatic rings. The number of carbonyl (C=O) groups excluding carboxylic acids is 1. The zero-order chi connectivity index (χ0) is 20.9. The van der Waals surface area contributed by atoms with Crippen LogP contribution in [0, 0.1) is 5.92 Å². The summed E-state index contributed by atoms with van der Waals surface area (Å²) in [6, 6.07) is 8.55. The van der Waals surface area contributed by atoms with Crippen LogP contribution in [0.15, 0.2) is 41.0 Å². The van der Waals surface area contributed by atoms with Gasteiger partial charge in [0.1, 0.15) is 5.76 Å². The Morgan fingerprint density at radius 2 is 1.97 bits per heavy atom. The van der Waals surface area contributed by atoms with Gasteiger partial charge in [0.25, 0.3) is 0 Å². The lowest BCUT2D eigenvalue weighted by molar-refractivity contribution is -0.126. The first kappa shape index (κ1) is 22.2. The molecule has 1 N–H and O–H groups in total. The summed E-state index contributed by atoms with van der Waals surface area (Å²) in [5.74, 6) is 0.553. The maximum Gasteiger partial charge on any atom is 0.223 e. The van der Waals surface area contributed by atoms with E-state index in [-0.39, 0.29) is 17.6 Å². The average Bonchev–Trinajstić information content (AvgIpc) is 3.21. The largest absolute Gasteiger partial charge is 0.469 e. The van der Waals surface area contributed by atoms with Crippen LogP contribution in [0.1, 0.15) is 30.6 Å². The second-order valence-corrected chi connectivity index (χ2v) is 9.95. The van der Waals surface area contributed by atoms with Crippen LogP contribution in [0.2, 0.25) is 10.0 Å². The molecule has 0 saturated carbocycles. The lowest BCUT2D eigenvalue weighted by Crippen LogP contribution is -2.43. The quantitative estimate of drug-likeness (QED) is 0.608. The molecule has 1 fully saturated rings. The Hall–Kier alpha value is -1.54. The minimum absolute atomic E-state index is 0.0118. The number of hydrogen-bond acceptors (Lipinski definition) is 4. The molecular weight excluding hydrogens is 435 g/mol. The van der Waals surface area contributed by atoms with Gasteiger partial charge >= 0.3 is 0 Å². The van der Waals surface area contributed by atoms with Crippen molar-refractivity contribution < 1.29 is 17.6 Å². The van der Waals surface area contributed by atoms with E-state index in [4.69, 9.17) is 27.6 Å². The van der Waals surface area contributed by atoms with Gasteiger partial charge in [-0.3, -0.25) is 4.79 Å². The number of piperidine rings is 1. The van der Waals surface area contributed by atoms with E-state index in [1.54, 1.807) is 18.4 Å².